The first kappa shape index (κ1) is 31.6. The van der Waals surface area contributed by atoms with Crippen LogP contribution in [0.1, 0.15) is 37.8 Å². The van der Waals surface area contributed by atoms with Gasteiger partial charge in [-0.1, -0.05) is 31.0 Å². The van der Waals surface area contributed by atoms with Crippen LogP contribution in [0.5, 0.6) is 0 Å². The number of benzene rings is 1. The van der Waals surface area contributed by atoms with Gasteiger partial charge in [0, 0.05) is 11.4 Å². The molecule has 1 aromatic carbocycles. The van der Waals surface area contributed by atoms with Crippen molar-refractivity contribution in [1.82, 2.24) is 18.9 Å². The highest BCUT2D eigenvalue weighted by atomic mass is 127. The number of anilines is 1. The molecular formula is C28H29F2IN5O5PS. The second kappa shape index (κ2) is 13.9. The second-order valence-electron chi connectivity index (χ2n) is 10.3. The summed E-state index contributed by atoms with van der Waals surface area (Å²) in [5.74, 6) is -0.0507. The molecule has 0 aliphatic heterocycles. The molecule has 43 heavy (non-hydrogen) atoms. The lowest BCUT2D eigenvalue weighted by Gasteiger charge is -2.42. The fraction of sp³-hybridized carbons (Fsp3) is 0.357. The Morgan fingerprint density at radius 2 is 1.86 bits per heavy atom. The first-order chi connectivity index (χ1) is 20.8. The van der Waals surface area contributed by atoms with Crippen LogP contribution in [-0.2, 0) is 30.7 Å². The largest absolute Gasteiger partial charge is 0.471 e. The summed E-state index contributed by atoms with van der Waals surface area (Å²) in [4.78, 5) is 21.9. The molecule has 1 N–H and O–H groups in total. The van der Waals surface area contributed by atoms with Crippen molar-refractivity contribution in [2.24, 2.45) is 11.8 Å². The molecule has 3 fully saturated rings. The van der Waals surface area contributed by atoms with Crippen molar-refractivity contribution in [3.05, 3.63) is 66.1 Å². The van der Waals surface area contributed by atoms with Crippen LogP contribution in [0.2, 0.25) is 0 Å². The number of pyridine rings is 1. The van der Waals surface area contributed by atoms with Crippen LogP contribution in [-0.4, -0.2) is 47.0 Å². The van der Waals surface area contributed by atoms with Gasteiger partial charge in [0.2, 0.25) is 0 Å². The van der Waals surface area contributed by atoms with Crippen LogP contribution in [0, 0.1) is 23.5 Å². The van der Waals surface area contributed by atoms with Gasteiger partial charge in [0.1, 0.15) is 5.82 Å². The standard InChI is InChI=1S/C26H25F2IN5O3PS.C2H4O2/c27-17-11-19-23(25-30-13-20(28)24(33-25)32-21-10-15-6-8-16(21)9-7-15)22(14-37-38-29)34(26(19)31-12-17)39(35,36)18-4-2-1-3-5-18;1-4-2-3/h1-5,11-13,15-16,21,38H,6-10,14H2,(H,30,32,33);2H,1H3. The number of hydrogen-bond acceptors (Lipinski definition) is 9. The minimum atomic E-state index is -4.17. The van der Waals surface area contributed by atoms with Crippen molar-refractivity contribution in [2.45, 2.75) is 49.6 Å². The molecule has 3 aliphatic carbocycles. The Bertz CT molecular complexity index is 1700. The summed E-state index contributed by atoms with van der Waals surface area (Å²) in [6, 6.07) is 9.21. The van der Waals surface area contributed by atoms with E-state index in [4.69, 9.17) is 9.32 Å². The van der Waals surface area contributed by atoms with Gasteiger partial charge in [-0.15, -0.1) is 0 Å². The molecule has 228 valence electrons. The predicted molar refractivity (Wildman–Crippen MR) is 167 cm³/mol. The molecule has 7 rings (SSSR count). The number of carbonyl (C=O) groups excluding carboxylic acids is 1. The average Bonchev–Trinajstić information content (AvgIpc) is 3.36. The van der Waals surface area contributed by atoms with Gasteiger partial charge in [0.25, 0.3) is 16.5 Å². The number of rotatable bonds is 9. The molecule has 2 bridgehead atoms. The highest BCUT2D eigenvalue weighted by Gasteiger charge is 2.36. The Kier molecular flexibility index (Phi) is 10.2. The van der Waals surface area contributed by atoms with Crippen molar-refractivity contribution < 1.29 is 31.3 Å². The van der Waals surface area contributed by atoms with Crippen LogP contribution in [0.25, 0.3) is 22.4 Å². The lowest BCUT2D eigenvalue weighted by molar-refractivity contribution is -0.126. The van der Waals surface area contributed by atoms with Crippen LogP contribution >= 0.6 is 28.5 Å². The van der Waals surface area contributed by atoms with E-state index in [1.165, 1.54) is 38.2 Å². The molecule has 4 aromatic rings. The number of methoxy groups -OCH3 is 1. The van der Waals surface area contributed by atoms with E-state index in [0.717, 1.165) is 35.6 Å². The summed E-state index contributed by atoms with van der Waals surface area (Å²) in [7, 11) is -2.85. The van der Waals surface area contributed by atoms with Gasteiger partial charge in [0.15, 0.2) is 23.1 Å². The Labute approximate surface area is 262 Å². The Hall–Kier alpha value is -2.81. The zero-order valence-electron chi connectivity index (χ0n) is 23.0. The maximum absolute atomic E-state index is 15.0. The number of nitrogens with one attached hydrogen (secondary N) is 1. The van der Waals surface area contributed by atoms with Gasteiger partial charge in [-0.3, -0.25) is 4.79 Å². The van der Waals surface area contributed by atoms with Crippen LogP contribution in [0.3, 0.4) is 0 Å². The summed E-state index contributed by atoms with van der Waals surface area (Å²) in [5.41, 5.74) is 0.433. The van der Waals surface area contributed by atoms with Crippen LogP contribution < -0.4 is 5.32 Å². The van der Waals surface area contributed by atoms with Gasteiger partial charge in [-0.2, -0.15) is 0 Å². The van der Waals surface area contributed by atoms with E-state index in [0.29, 0.717) is 18.3 Å². The average molecular weight is 744 g/mol. The molecule has 3 aromatic heterocycles. The van der Waals surface area contributed by atoms with E-state index in [9.17, 15) is 17.2 Å². The predicted octanol–water partition coefficient (Wildman–Crippen LogP) is 6.25. The summed E-state index contributed by atoms with van der Waals surface area (Å²) in [6.07, 6.45) is 7.61. The highest BCUT2D eigenvalue weighted by Crippen LogP contribution is 2.43. The Balaban J connectivity index is 0.000000868. The zero-order valence-corrected chi connectivity index (χ0v) is 27.0. The van der Waals surface area contributed by atoms with E-state index in [1.54, 1.807) is 18.2 Å². The second-order valence-corrected chi connectivity index (χ2v) is 13.8. The number of nitrogens with zero attached hydrogens (tertiary/aromatic N) is 4. The lowest BCUT2D eigenvalue weighted by Crippen LogP contribution is -2.40. The Morgan fingerprint density at radius 1 is 1.14 bits per heavy atom. The normalized spacial score (nSPS) is 19.8. The molecule has 2 unspecified atom stereocenters. The van der Waals surface area contributed by atoms with E-state index in [1.807, 2.05) is 22.0 Å². The first-order valence-corrected chi connectivity index (χ1v) is 19.0. The zero-order chi connectivity index (χ0) is 30.6. The van der Waals surface area contributed by atoms with Gasteiger partial charge in [-0.25, -0.2) is 36.1 Å². The number of carbonyl (C=O) groups is 1. The summed E-state index contributed by atoms with van der Waals surface area (Å²) < 4.78 is 67.9. The molecule has 0 radical (unpaired) electrons. The molecule has 3 heterocycles. The number of ether oxygens (including phenoxy) is 1. The molecular weight excluding hydrogens is 714 g/mol. The van der Waals surface area contributed by atoms with Gasteiger partial charge >= 0.3 is 0 Å². The van der Waals surface area contributed by atoms with Gasteiger partial charge < -0.3 is 14.6 Å². The minimum Gasteiger partial charge on any atom is -0.471 e. The van der Waals surface area contributed by atoms with Crippen molar-refractivity contribution >= 4 is 61.8 Å². The molecule has 0 spiro atoms. The molecule has 10 nitrogen and oxygen atoms in total. The monoisotopic (exact) mass is 743 g/mol. The van der Waals surface area contributed by atoms with Crippen molar-refractivity contribution in [2.75, 3.05) is 12.4 Å². The molecule has 2 atom stereocenters. The number of halogens is 3. The highest BCUT2D eigenvalue weighted by molar-refractivity contribution is 14.2. The maximum Gasteiger partial charge on any atom is 0.292 e. The molecule has 0 amide bonds. The molecule has 0 saturated heterocycles. The molecule has 15 heteroatoms. The number of aromatic nitrogens is 4. The SMILES string of the molecule is COC=O.O=S(=O)(c1ccccc1)n1c(COPI)c(-c2ncc(F)c(NC3CC4CCC3CC4)n2)c2cc(F)cnc21. The summed E-state index contributed by atoms with van der Waals surface area (Å²) >= 11 is 2.04. The van der Waals surface area contributed by atoms with E-state index < -0.39 is 21.7 Å². The summed E-state index contributed by atoms with van der Waals surface area (Å²) in [6.45, 7) is 0.269. The van der Waals surface area contributed by atoms with Crippen LogP contribution in [0.15, 0.2) is 53.7 Å². The van der Waals surface area contributed by atoms with Gasteiger partial charge in [0.05, 0.1) is 48.7 Å². The fourth-order valence-electron chi connectivity index (χ4n) is 5.91. The van der Waals surface area contributed by atoms with E-state index in [-0.39, 0.29) is 57.9 Å². The van der Waals surface area contributed by atoms with Crippen molar-refractivity contribution in [3.63, 3.8) is 0 Å². The molecule has 3 aliphatic rings. The van der Waals surface area contributed by atoms with Gasteiger partial charge in [-0.05, 0) is 71.3 Å². The lowest BCUT2D eigenvalue weighted by atomic mass is 9.68. The van der Waals surface area contributed by atoms with E-state index in [2.05, 4.69) is 25.0 Å². The number of hydrogen-bond donors (Lipinski definition) is 1. The Morgan fingerprint density at radius 3 is 2.49 bits per heavy atom. The van der Waals surface area contributed by atoms with Crippen LogP contribution in [0.4, 0.5) is 14.6 Å². The number of fused-ring (bicyclic) bond motifs is 4. The first-order valence-electron chi connectivity index (χ1n) is 13.5. The van der Waals surface area contributed by atoms with E-state index >= 15 is 0 Å². The molecule has 3 saturated carbocycles. The third kappa shape index (κ3) is 6.66. The van der Waals surface area contributed by atoms with Crippen molar-refractivity contribution in [3.8, 4) is 11.4 Å². The van der Waals surface area contributed by atoms with Crippen molar-refractivity contribution in [1.29, 1.82) is 0 Å². The third-order valence-corrected chi connectivity index (χ3v) is 10.7. The quantitative estimate of drug-likeness (QED) is 0.120. The minimum absolute atomic E-state index is 0.0117. The topological polar surface area (TPSA) is 125 Å². The third-order valence-electron chi connectivity index (χ3n) is 7.81. The maximum atomic E-state index is 15.0. The summed E-state index contributed by atoms with van der Waals surface area (Å²) in [5, 5.41) is 3.50. The smallest absolute Gasteiger partial charge is 0.292 e. The fourth-order valence-corrected chi connectivity index (χ4v) is 8.09.